The van der Waals surface area contributed by atoms with Crippen molar-refractivity contribution in [2.75, 3.05) is 14.2 Å². The zero-order chi connectivity index (χ0) is 17.2. The van der Waals surface area contributed by atoms with E-state index in [1.54, 1.807) is 37.7 Å². The maximum atomic E-state index is 9.56. The largest absolute Gasteiger partial charge is 0.504 e. The minimum Gasteiger partial charge on any atom is -0.504 e. The van der Waals surface area contributed by atoms with Gasteiger partial charge in [0.2, 0.25) is 0 Å². The van der Waals surface area contributed by atoms with Gasteiger partial charge < -0.3 is 9.84 Å². The standard InChI is InChI=1S/C17H22N4O2/c1-6-19-12(2)15(11-18-4)13(3)21-20-10-14-7-8-16(22)17(9-14)23-5/h6-11,21-22H,1H2,2-5H3/b15-13+,18-11?,19-12?,20-10+. The summed E-state index contributed by atoms with van der Waals surface area (Å²) in [7, 11) is 3.19. The number of nitrogens with one attached hydrogen (secondary N) is 1. The Bertz CT molecular complexity index is 673. The monoisotopic (exact) mass is 314 g/mol. The molecule has 1 aromatic rings. The fraction of sp³-hybridized carbons (Fsp3) is 0.235. The maximum absolute atomic E-state index is 9.56. The van der Waals surface area contributed by atoms with Crippen molar-refractivity contribution < 1.29 is 9.84 Å². The van der Waals surface area contributed by atoms with Crippen molar-refractivity contribution in [1.82, 2.24) is 5.43 Å². The minimum absolute atomic E-state index is 0.0893. The van der Waals surface area contributed by atoms with Gasteiger partial charge in [-0.15, -0.1) is 0 Å². The van der Waals surface area contributed by atoms with E-state index in [0.717, 1.165) is 22.5 Å². The first-order valence-corrected chi connectivity index (χ1v) is 6.98. The molecule has 0 aromatic heterocycles. The number of hydrogen-bond donors (Lipinski definition) is 2. The molecule has 1 rings (SSSR count). The summed E-state index contributed by atoms with van der Waals surface area (Å²) in [6, 6.07) is 4.98. The van der Waals surface area contributed by atoms with Crippen molar-refractivity contribution in [1.29, 1.82) is 0 Å². The lowest BCUT2D eigenvalue weighted by Gasteiger charge is -2.07. The van der Waals surface area contributed by atoms with Gasteiger partial charge >= 0.3 is 0 Å². The van der Waals surface area contributed by atoms with E-state index < -0.39 is 0 Å². The van der Waals surface area contributed by atoms with Gasteiger partial charge in [0.05, 0.1) is 13.3 Å². The molecule has 0 amide bonds. The van der Waals surface area contributed by atoms with Crippen LogP contribution < -0.4 is 10.2 Å². The van der Waals surface area contributed by atoms with Crippen LogP contribution >= 0.6 is 0 Å². The topological polar surface area (TPSA) is 78.6 Å². The van der Waals surface area contributed by atoms with Crippen molar-refractivity contribution in [2.45, 2.75) is 13.8 Å². The van der Waals surface area contributed by atoms with Gasteiger partial charge in [0.1, 0.15) is 0 Å². The molecule has 0 saturated carbocycles. The van der Waals surface area contributed by atoms with Crippen LogP contribution in [0, 0.1) is 0 Å². The number of ether oxygens (including phenoxy) is 1. The molecule has 0 atom stereocenters. The molecule has 0 aliphatic rings. The van der Waals surface area contributed by atoms with Crippen LogP contribution in [0.4, 0.5) is 0 Å². The fourth-order valence-electron chi connectivity index (χ4n) is 1.84. The third kappa shape index (κ3) is 5.43. The van der Waals surface area contributed by atoms with E-state index >= 15 is 0 Å². The van der Waals surface area contributed by atoms with E-state index in [1.807, 2.05) is 13.8 Å². The number of hydrogen-bond acceptors (Lipinski definition) is 6. The first-order valence-electron chi connectivity index (χ1n) is 6.98. The summed E-state index contributed by atoms with van der Waals surface area (Å²) in [4.78, 5) is 8.18. The Morgan fingerprint density at radius 1 is 1.35 bits per heavy atom. The SMILES string of the molecule is C=CN=C(C)/C(C=NC)=C(\C)N/N=C/c1ccc(O)c(OC)c1. The second kappa shape index (κ2) is 9.19. The molecule has 122 valence electrons. The second-order valence-corrected chi connectivity index (χ2v) is 4.62. The summed E-state index contributed by atoms with van der Waals surface area (Å²) in [6.07, 6.45) is 4.83. The molecule has 23 heavy (non-hydrogen) atoms. The highest BCUT2D eigenvalue weighted by Gasteiger charge is 2.04. The number of phenols is 1. The maximum Gasteiger partial charge on any atom is 0.161 e. The smallest absolute Gasteiger partial charge is 0.161 e. The molecule has 0 heterocycles. The Hall–Kier alpha value is -2.89. The first kappa shape index (κ1) is 18.2. The molecular formula is C17H22N4O2. The summed E-state index contributed by atoms with van der Waals surface area (Å²) < 4.78 is 5.06. The molecule has 0 aliphatic heterocycles. The van der Waals surface area contributed by atoms with Gasteiger partial charge in [-0.1, -0.05) is 6.58 Å². The molecule has 0 fully saturated rings. The molecule has 2 N–H and O–H groups in total. The number of phenolic OH excluding ortho intramolecular Hbond substituents is 1. The average Bonchev–Trinajstić information content (AvgIpc) is 2.54. The van der Waals surface area contributed by atoms with E-state index in [2.05, 4.69) is 27.1 Å². The fourth-order valence-corrected chi connectivity index (χ4v) is 1.84. The van der Waals surface area contributed by atoms with Crippen molar-refractivity contribution in [3.63, 3.8) is 0 Å². The predicted molar refractivity (Wildman–Crippen MR) is 95.8 cm³/mol. The van der Waals surface area contributed by atoms with Gasteiger partial charge in [0.15, 0.2) is 11.5 Å². The minimum atomic E-state index is 0.0893. The van der Waals surface area contributed by atoms with Crippen LogP contribution in [0.3, 0.4) is 0 Å². The number of rotatable bonds is 7. The number of methoxy groups -OCH3 is 1. The molecule has 0 spiro atoms. The predicted octanol–water partition coefficient (Wildman–Crippen LogP) is 2.90. The molecule has 1 aromatic carbocycles. The average molecular weight is 314 g/mol. The quantitative estimate of drug-likeness (QED) is 0.600. The highest BCUT2D eigenvalue weighted by Crippen LogP contribution is 2.25. The molecule has 6 nitrogen and oxygen atoms in total. The Balaban J connectivity index is 2.95. The number of benzene rings is 1. The van der Waals surface area contributed by atoms with Gasteiger partial charge in [0.25, 0.3) is 0 Å². The van der Waals surface area contributed by atoms with Crippen LogP contribution in [0.2, 0.25) is 0 Å². The van der Waals surface area contributed by atoms with Gasteiger partial charge in [-0.25, -0.2) is 0 Å². The van der Waals surface area contributed by atoms with Crippen LogP contribution in [0.5, 0.6) is 11.5 Å². The summed E-state index contributed by atoms with van der Waals surface area (Å²) in [6.45, 7) is 7.35. The van der Waals surface area contributed by atoms with Crippen LogP contribution in [-0.4, -0.2) is 37.4 Å². The molecule has 0 bridgehead atoms. The van der Waals surface area contributed by atoms with Gasteiger partial charge in [-0.05, 0) is 37.6 Å². The van der Waals surface area contributed by atoms with E-state index in [0.29, 0.717) is 5.75 Å². The Morgan fingerprint density at radius 3 is 2.70 bits per heavy atom. The number of allylic oxidation sites excluding steroid dienone is 2. The normalized spacial score (nSPS) is 13.3. The lowest BCUT2D eigenvalue weighted by Crippen LogP contribution is -2.11. The third-order valence-electron chi connectivity index (χ3n) is 2.99. The summed E-state index contributed by atoms with van der Waals surface area (Å²) in [5, 5.41) is 13.7. The van der Waals surface area contributed by atoms with E-state index in [-0.39, 0.29) is 5.75 Å². The summed E-state index contributed by atoms with van der Waals surface area (Å²) in [5.41, 5.74) is 6.18. The van der Waals surface area contributed by atoms with Gasteiger partial charge in [0, 0.05) is 36.4 Å². The molecule has 0 aliphatic carbocycles. The Kier molecular flexibility index (Phi) is 7.26. The van der Waals surface area contributed by atoms with Crippen LogP contribution in [-0.2, 0) is 0 Å². The highest BCUT2D eigenvalue weighted by molar-refractivity contribution is 6.15. The molecular weight excluding hydrogens is 292 g/mol. The molecule has 0 radical (unpaired) electrons. The first-order chi connectivity index (χ1) is 11.0. The van der Waals surface area contributed by atoms with Crippen LogP contribution in [0.1, 0.15) is 19.4 Å². The summed E-state index contributed by atoms with van der Waals surface area (Å²) >= 11 is 0. The Morgan fingerprint density at radius 2 is 2.09 bits per heavy atom. The van der Waals surface area contributed by atoms with Crippen molar-refractivity contribution >= 4 is 18.1 Å². The molecule has 6 heteroatoms. The third-order valence-corrected chi connectivity index (χ3v) is 2.99. The number of nitrogens with zero attached hydrogens (tertiary/aromatic N) is 3. The van der Waals surface area contributed by atoms with E-state index in [1.165, 1.54) is 13.3 Å². The van der Waals surface area contributed by atoms with Crippen molar-refractivity contribution in [2.24, 2.45) is 15.1 Å². The zero-order valence-corrected chi connectivity index (χ0v) is 13.9. The number of hydrazone groups is 1. The zero-order valence-electron chi connectivity index (χ0n) is 13.9. The van der Waals surface area contributed by atoms with E-state index in [4.69, 9.17) is 4.74 Å². The van der Waals surface area contributed by atoms with Crippen molar-refractivity contribution in [3.05, 3.63) is 47.8 Å². The van der Waals surface area contributed by atoms with Crippen LogP contribution in [0.15, 0.2) is 57.3 Å². The molecule has 0 saturated heterocycles. The van der Waals surface area contributed by atoms with Crippen molar-refractivity contribution in [3.8, 4) is 11.5 Å². The van der Waals surface area contributed by atoms with Crippen LogP contribution in [0.25, 0.3) is 0 Å². The van der Waals surface area contributed by atoms with Gasteiger partial charge in [-0.3, -0.25) is 15.4 Å². The Labute approximate surface area is 136 Å². The summed E-state index contributed by atoms with van der Waals surface area (Å²) in [5.74, 6) is 0.486. The second-order valence-electron chi connectivity index (χ2n) is 4.62. The lowest BCUT2D eigenvalue weighted by molar-refractivity contribution is 0.373. The van der Waals surface area contributed by atoms with E-state index in [9.17, 15) is 5.11 Å². The highest BCUT2D eigenvalue weighted by atomic mass is 16.5. The van der Waals surface area contributed by atoms with Gasteiger partial charge in [-0.2, -0.15) is 5.10 Å². The number of aliphatic imine (C=N–C) groups is 2. The molecule has 0 unspecified atom stereocenters. The number of aromatic hydroxyl groups is 1. The lowest BCUT2D eigenvalue weighted by atomic mass is 10.1.